The highest BCUT2D eigenvalue weighted by molar-refractivity contribution is 9.09. The molecule has 0 aromatic heterocycles. The molecule has 1 N–H and O–H groups in total. The number of benzene rings is 2. The van der Waals surface area contributed by atoms with Gasteiger partial charge in [0.05, 0.1) is 12.5 Å². The lowest BCUT2D eigenvalue weighted by Gasteiger charge is -2.17. The van der Waals surface area contributed by atoms with Gasteiger partial charge < -0.3 is 5.32 Å². The van der Waals surface area contributed by atoms with Gasteiger partial charge in [-0.3, -0.25) is 4.79 Å². The molecule has 0 heterocycles. The highest BCUT2D eigenvalue weighted by atomic mass is 79.9. The predicted molar refractivity (Wildman–Crippen MR) is 83.8 cm³/mol. The van der Waals surface area contributed by atoms with E-state index in [9.17, 15) is 9.18 Å². The molecule has 2 nitrogen and oxygen atoms in total. The first-order valence-electron chi connectivity index (χ1n) is 6.89. The van der Waals surface area contributed by atoms with Gasteiger partial charge in [-0.1, -0.05) is 52.3 Å². The number of halogens is 2. The van der Waals surface area contributed by atoms with Crippen LogP contribution in [0.2, 0.25) is 0 Å². The maximum atomic E-state index is 13.1. The van der Waals surface area contributed by atoms with E-state index in [1.54, 1.807) is 12.1 Å². The van der Waals surface area contributed by atoms with Gasteiger partial charge in [0.2, 0.25) is 5.91 Å². The maximum Gasteiger partial charge on any atom is 0.224 e. The Hall–Kier alpha value is -1.68. The molecule has 0 fully saturated rings. The van der Waals surface area contributed by atoms with Crippen LogP contribution in [-0.4, -0.2) is 10.7 Å². The maximum absolute atomic E-state index is 13.1. The number of amides is 1. The highest BCUT2D eigenvalue weighted by Gasteiger charge is 2.31. The van der Waals surface area contributed by atoms with Gasteiger partial charge in [0.25, 0.3) is 0 Å². The number of alkyl halides is 1. The van der Waals surface area contributed by atoms with Crippen molar-refractivity contribution in [3.8, 4) is 0 Å². The number of rotatable bonds is 3. The van der Waals surface area contributed by atoms with Crippen LogP contribution < -0.4 is 5.32 Å². The Morgan fingerprint density at radius 2 is 2.05 bits per heavy atom. The Kier molecular flexibility index (Phi) is 4.06. The zero-order chi connectivity index (χ0) is 14.8. The summed E-state index contributed by atoms with van der Waals surface area (Å²) in [6.07, 6.45) is 1.09. The van der Waals surface area contributed by atoms with E-state index in [0.717, 1.165) is 12.0 Å². The molecule has 108 valence electrons. The molecule has 0 saturated carbocycles. The molecule has 0 spiro atoms. The summed E-state index contributed by atoms with van der Waals surface area (Å²) >= 11 is 3.64. The van der Waals surface area contributed by atoms with E-state index in [1.807, 2.05) is 18.2 Å². The largest absolute Gasteiger partial charge is 0.348 e. The molecule has 2 atom stereocenters. The minimum atomic E-state index is -0.315. The molecule has 2 aromatic carbocycles. The van der Waals surface area contributed by atoms with E-state index in [0.29, 0.717) is 5.56 Å². The second-order valence-electron chi connectivity index (χ2n) is 5.27. The molecular formula is C17H15BrFNO. The van der Waals surface area contributed by atoms with Crippen LogP contribution in [0.25, 0.3) is 0 Å². The van der Waals surface area contributed by atoms with Crippen molar-refractivity contribution in [1.29, 1.82) is 0 Å². The summed E-state index contributed by atoms with van der Waals surface area (Å²) in [7, 11) is 0. The lowest BCUT2D eigenvalue weighted by atomic mass is 10.1. The molecule has 3 rings (SSSR count). The van der Waals surface area contributed by atoms with E-state index in [2.05, 4.69) is 27.3 Å². The Labute approximate surface area is 131 Å². The van der Waals surface area contributed by atoms with Crippen molar-refractivity contribution in [3.63, 3.8) is 0 Å². The average molecular weight is 348 g/mol. The van der Waals surface area contributed by atoms with Crippen molar-refractivity contribution >= 4 is 21.8 Å². The molecule has 1 aliphatic carbocycles. The fourth-order valence-corrected chi connectivity index (χ4v) is 3.54. The summed E-state index contributed by atoms with van der Waals surface area (Å²) in [5.41, 5.74) is 3.10. The predicted octanol–water partition coefficient (Wildman–Crippen LogP) is 3.55. The van der Waals surface area contributed by atoms with Crippen LogP contribution in [0.3, 0.4) is 0 Å². The van der Waals surface area contributed by atoms with Gasteiger partial charge in [-0.15, -0.1) is 0 Å². The van der Waals surface area contributed by atoms with Gasteiger partial charge >= 0.3 is 0 Å². The summed E-state index contributed by atoms with van der Waals surface area (Å²) in [5, 5.41) is 3.04. The first-order chi connectivity index (χ1) is 10.1. The summed E-state index contributed by atoms with van der Waals surface area (Å²) in [5.74, 6) is -0.406. The monoisotopic (exact) mass is 347 g/mol. The SMILES string of the molecule is O=C(Cc1cccc(F)c1)NC1c2ccccc2CC1Br. The van der Waals surface area contributed by atoms with Crippen molar-refractivity contribution in [2.75, 3.05) is 0 Å². The smallest absolute Gasteiger partial charge is 0.224 e. The molecule has 1 amide bonds. The molecule has 1 aliphatic rings. The fraction of sp³-hybridized carbons (Fsp3) is 0.235. The third-order valence-electron chi connectivity index (χ3n) is 3.74. The third kappa shape index (κ3) is 3.16. The number of carbonyl (C=O) groups excluding carboxylic acids is 1. The van der Waals surface area contributed by atoms with E-state index < -0.39 is 0 Å². The van der Waals surface area contributed by atoms with Crippen LogP contribution in [0, 0.1) is 5.82 Å². The standard InChI is InChI=1S/C17H15BrFNO/c18-15-10-12-5-1-2-7-14(12)17(15)20-16(21)9-11-4-3-6-13(19)8-11/h1-8,15,17H,9-10H2,(H,20,21). The summed E-state index contributed by atoms with van der Waals surface area (Å²) < 4.78 is 13.1. The van der Waals surface area contributed by atoms with Crippen LogP contribution in [0.5, 0.6) is 0 Å². The van der Waals surface area contributed by atoms with E-state index >= 15 is 0 Å². The van der Waals surface area contributed by atoms with Crippen LogP contribution in [0.15, 0.2) is 48.5 Å². The zero-order valence-electron chi connectivity index (χ0n) is 11.4. The average Bonchev–Trinajstić information content (AvgIpc) is 2.75. The first-order valence-corrected chi connectivity index (χ1v) is 7.81. The molecule has 0 saturated heterocycles. The van der Waals surface area contributed by atoms with Crippen LogP contribution in [0.1, 0.15) is 22.7 Å². The lowest BCUT2D eigenvalue weighted by molar-refractivity contribution is -0.121. The number of carbonyl (C=O) groups is 1. The molecule has 0 radical (unpaired) electrons. The van der Waals surface area contributed by atoms with Gasteiger partial charge in [0.15, 0.2) is 0 Å². The van der Waals surface area contributed by atoms with E-state index in [-0.39, 0.29) is 29.0 Å². The van der Waals surface area contributed by atoms with Gasteiger partial charge in [0, 0.05) is 4.83 Å². The quantitative estimate of drug-likeness (QED) is 0.845. The summed E-state index contributed by atoms with van der Waals surface area (Å²) in [6.45, 7) is 0. The lowest BCUT2D eigenvalue weighted by Crippen LogP contribution is -2.32. The Bertz CT molecular complexity index is 673. The number of hydrogen-bond donors (Lipinski definition) is 1. The fourth-order valence-electron chi connectivity index (χ4n) is 2.77. The summed E-state index contributed by atoms with van der Waals surface area (Å²) in [6, 6.07) is 14.3. The molecule has 0 aliphatic heterocycles. The van der Waals surface area contributed by atoms with Crippen LogP contribution >= 0.6 is 15.9 Å². The molecule has 4 heteroatoms. The van der Waals surface area contributed by atoms with Crippen molar-refractivity contribution in [2.24, 2.45) is 0 Å². The first kappa shape index (κ1) is 14.3. The topological polar surface area (TPSA) is 29.1 Å². The van der Waals surface area contributed by atoms with E-state index in [4.69, 9.17) is 0 Å². The number of fused-ring (bicyclic) bond motifs is 1. The molecule has 2 aromatic rings. The molecule has 21 heavy (non-hydrogen) atoms. The van der Waals surface area contributed by atoms with Gasteiger partial charge in [-0.2, -0.15) is 0 Å². The Balaban J connectivity index is 1.70. The molecular weight excluding hydrogens is 333 g/mol. The number of nitrogens with one attached hydrogen (secondary N) is 1. The van der Waals surface area contributed by atoms with Crippen molar-refractivity contribution in [2.45, 2.75) is 23.7 Å². The number of hydrogen-bond acceptors (Lipinski definition) is 1. The van der Waals surface area contributed by atoms with E-state index in [1.165, 1.54) is 17.7 Å². The minimum Gasteiger partial charge on any atom is -0.348 e. The van der Waals surface area contributed by atoms with Crippen molar-refractivity contribution < 1.29 is 9.18 Å². The van der Waals surface area contributed by atoms with Gasteiger partial charge in [-0.25, -0.2) is 4.39 Å². The highest BCUT2D eigenvalue weighted by Crippen LogP contribution is 2.35. The molecule has 2 unspecified atom stereocenters. The second-order valence-corrected chi connectivity index (χ2v) is 6.45. The van der Waals surface area contributed by atoms with Crippen molar-refractivity contribution in [3.05, 3.63) is 71.0 Å². The normalized spacial score (nSPS) is 20.1. The minimum absolute atomic E-state index is 0.0257. The Morgan fingerprint density at radius 1 is 1.24 bits per heavy atom. The van der Waals surface area contributed by atoms with Crippen LogP contribution in [-0.2, 0) is 17.6 Å². The van der Waals surface area contributed by atoms with Gasteiger partial charge in [0.1, 0.15) is 5.82 Å². The zero-order valence-corrected chi connectivity index (χ0v) is 12.9. The second kappa shape index (κ2) is 5.98. The van der Waals surface area contributed by atoms with Crippen LogP contribution in [0.4, 0.5) is 4.39 Å². The molecule has 0 bridgehead atoms. The van der Waals surface area contributed by atoms with Gasteiger partial charge in [-0.05, 0) is 35.2 Å². The Morgan fingerprint density at radius 3 is 2.86 bits per heavy atom. The third-order valence-corrected chi connectivity index (χ3v) is 4.59. The van der Waals surface area contributed by atoms with Crippen molar-refractivity contribution in [1.82, 2.24) is 5.32 Å². The summed E-state index contributed by atoms with van der Waals surface area (Å²) in [4.78, 5) is 12.4.